The number of rotatable bonds is 5. The molecule has 3 heteroatoms. The summed E-state index contributed by atoms with van der Waals surface area (Å²) in [5, 5.41) is 11.0. The lowest BCUT2D eigenvalue weighted by atomic mass is 9.78. The van der Waals surface area contributed by atoms with Crippen LogP contribution in [0, 0.1) is 5.92 Å². The lowest BCUT2D eigenvalue weighted by Crippen LogP contribution is -2.57. The molecule has 2 rings (SSSR count). The first-order chi connectivity index (χ1) is 8.74. The van der Waals surface area contributed by atoms with E-state index in [4.69, 9.17) is 4.74 Å². The number of hydrogen-bond acceptors (Lipinski definition) is 3. The van der Waals surface area contributed by atoms with E-state index in [2.05, 4.69) is 18.7 Å². The topological polar surface area (TPSA) is 32.7 Å². The number of aliphatic hydroxyl groups excluding tert-OH is 1. The molecule has 0 amide bonds. The Morgan fingerprint density at radius 3 is 2.22 bits per heavy atom. The molecule has 1 heterocycles. The second kappa shape index (κ2) is 6.36. The highest BCUT2D eigenvalue weighted by Crippen LogP contribution is 2.42. The van der Waals surface area contributed by atoms with Crippen LogP contribution in [0.2, 0.25) is 0 Å². The van der Waals surface area contributed by atoms with Crippen LogP contribution in [-0.2, 0) is 4.74 Å². The minimum absolute atomic E-state index is 0.0610. The van der Waals surface area contributed by atoms with E-state index in [9.17, 15) is 5.11 Å². The third kappa shape index (κ3) is 2.59. The predicted molar refractivity (Wildman–Crippen MR) is 73.7 cm³/mol. The standard InChI is InChI=1S/C15H29NO2/c1-3-16(4-2)15(9-5-6-10-15)14(17)13-7-11-18-12-8-13/h13-14,17H,3-12H2,1-2H3. The van der Waals surface area contributed by atoms with E-state index in [1.165, 1.54) is 25.7 Å². The van der Waals surface area contributed by atoms with Crippen LogP contribution in [0.1, 0.15) is 52.4 Å². The predicted octanol–water partition coefficient (Wildman–Crippen LogP) is 2.43. The molecule has 1 N–H and O–H groups in total. The van der Waals surface area contributed by atoms with Crippen LogP contribution >= 0.6 is 0 Å². The van der Waals surface area contributed by atoms with E-state index in [0.29, 0.717) is 5.92 Å². The maximum Gasteiger partial charge on any atom is 0.0753 e. The molecule has 0 aromatic heterocycles. The van der Waals surface area contributed by atoms with Gasteiger partial charge in [-0.15, -0.1) is 0 Å². The largest absolute Gasteiger partial charge is 0.391 e. The summed E-state index contributed by atoms with van der Waals surface area (Å²) in [4.78, 5) is 2.51. The summed E-state index contributed by atoms with van der Waals surface area (Å²) in [5.74, 6) is 0.442. The summed E-state index contributed by atoms with van der Waals surface area (Å²) in [6, 6.07) is 0. The molecule has 1 aliphatic carbocycles. The highest BCUT2D eigenvalue weighted by molar-refractivity contribution is 5.02. The van der Waals surface area contributed by atoms with E-state index in [1.54, 1.807) is 0 Å². The minimum atomic E-state index is -0.163. The zero-order chi connectivity index (χ0) is 13.0. The maximum atomic E-state index is 11.0. The van der Waals surface area contributed by atoms with Gasteiger partial charge in [-0.25, -0.2) is 0 Å². The molecule has 1 unspecified atom stereocenters. The highest BCUT2D eigenvalue weighted by atomic mass is 16.5. The second-order valence-corrected chi connectivity index (χ2v) is 5.88. The summed E-state index contributed by atoms with van der Waals surface area (Å²) in [6.07, 6.45) is 6.80. The molecule has 1 atom stereocenters. The molecule has 1 saturated carbocycles. The number of ether oxygens (including phenoxy) is 1. The summed E-state index contributed by atoms with van der Waals surface area (Å²) in [7, 11) is 0. The fourth-order valence-electron chi connectivity index (χ4n) is 4.11. The molecule has 2 aliphatic rings. The van der Waals surface area contributed by atoms with Crippen molar-refractivity contribution in [3.63, 3.8) is 0 Å². The van der Waals surface area contributed by atoms with Crippen molar-refractivity contribution < 1.29 is 9.84 Å². The van der Waals surface area contributed by atoms with Gasteiger partial charge in [-0.1, -0.05) is 26.7 Å². The molecular weight excluding hydrogens is 226 g/mol. The average molecular weight is 255 g/mol. The molecule has 0 aromatic rings. The third-order valence-electron chi connectivity index (χ3n) is 5.13. The van der Waals surface area contributed by atoms with Crippen LogP contribution in [0.5, 0.6) is 0 Å². The summed E-state index contributed by atoms with van der Waals surface area (Å²) in [5.41, 5.74) is 0.0610. The van der Waals surface area contributed by atoms with Crippen molar-refractivity contribution >= 4 is 0 Å². The lowest BCUT2D eigenvalue weighted by molar-refractivity contribution is -0.0812. The van der Waals surface area contributed by atoms with Gasteiger partial charge in [-0.05, 0) is 44.7 Å². The van der Waals surface area contributed by atoms with Crippen molar-refractivity contribution in [1.29, 1.82) is 0 Å². The zero-order valence-electron chi connectivity index (χ0n) is 12.0. The zero-order valence-corrected chi connectivity index (χ0v) is 12.0. The second-order valence-electron chi connectivity index (χ2n) is 5.88. The van der Waals surface area contributed by atoms with Crippen LogP contribution in [0.3, 0.4) is 0 Å². The molecule has 0 bridgehead atoms. The van der Waals surface area contributed by atoms with Crippen LogP contribution < -0.4 is 0 Å². The minimum Gasteiger partial charge on any atom is -0.391 e. The Balaban J connectivity index is 2.12. The van der Waals surface area contributed by atoms with Gasteiger partial charge in [-0.2, -0.15) is 0 Å². The van der Waals surface area contributed by atoms with Crippen molar-refractivity contribution in [2.75, 3.05) is 26.3 Å². The van der Waals surface area contributed by atoms with E-state index in [1.807, 2.05) is 0 Å². The van der Waals surface area contributed by atoms with Gasteiger partial charge in [0.1, 0.15) is 0 Å². The van der Waals surface area contributed by atoms with Crippen LogP contribution in [0.25, 0.3) is 0 Å². The third-order valence-corrected chi connectivity index (χ3v) is 5.13. The molecule has 18 heavy (non-hydrogen) atoms. The van der Waals surface area contributed by atoms with E-state index in [-0.39, 0.29) is 11.6 Å². The van der Waals surface area contributed by atoms with E-state index in [0.717, 1.165) is 39.1 Å². The van der Waals surface area contributed by atoms with Gasteiger partial charge < -0.3 is 9.84 Å². The first kappa shape index (κ1) is 14.3. The van der Waals surface area contributed by atoms with Crippen LogP contribution in [0.4, 0.5) is 0 Å². The Morgan fingerprint density at radius 1 is 1.17 bits per heavy atom. The number of likely N-dealkylation sites (N-methyl/N-ethyl adjacent to an activating group) is 1. The number of nitrogens with zero attached hydrogens (tertiary/aromatic N) is 1. The van der Waals surface area contributed by atoms with Crippen molar-refractivity contribution in [3.05, 3.63) is 0 Å². The van der Waals surface area contributed by atoms with E-state index < -0.39 is 0 Å². The Bertz CT molecular complexity index is 241. The van der Waals surface area contributed by atoms with Crippen LogP contribution in [-0.4, -0.2) is 48.0 Å². The average Bonchev–Trinajstić information content (AvgIpc) is 2.91. The van der Waals surface area contributed by atoms with Crippen molar-refractivity contribution in [2.45, 2.75) is 64.0 Å². The van der Waals surface area contributed by atoms with Gasteiger partial charge in [0.2, 0.25) is 0 Å². The normalized spacial score (nSPS) is 26.7. The van der Waals surface area contributed by atoms with Gasteiger partial charge in [-0.3, -0.25) is 4.90 Å². The van der Waals surface area contributed by atoms with Crippen molar-refractivity contribution in [1.82, 2.24) is 4.90 Å². The SMILES string of the molecule is CCN(CC)C1(C(O)C2CCOCC2)CCCC1. The molecule has 1 aliphatic heterocycles. The molecule has 0 spiro atoms. The Kier molecular flexibility index (Phi) is 5.05. The number of hydrogen-bond donors (Lipinski definition) is 1. The summed E-state index contributed by atoms with van der Waals surface area (Å²) >= 11 is 0. The highest BCUT2D eigenvalue weighted by Gasteiger charge is 2.47. The van der Waals surface area contributed by atoms with Gasteiger partial charge in [0, 0.05) is 18.8 Å². The molecule has 106 valence electrons. The van der Waals surface area contributed by atoms with E-state index >= 15 is 0 Å². The van der Waals surface area contributed by atoms with Crippen molar-refractivity contribution in [2.24, 2.45) is 5.92 Å². The van der Waals surface area contributed by atoms with Crippen molar-refractivity contribution in [3.8, 4) is 0 Å². The van der Waals surface area contributed by atoms with Gasteiger partial charge in [0.15, 0.2) is 0 Å². The lowest BCUT2D eigenvalue weighted by Gasteiger charge is -2.47. The Labute approximate surface area is 112 Å². The molecular formula is C15H29NO2. The first-order valence-corrected chi connectivity index (χ1v) is 7.75. The quantitative estimate of drug-likeness (QED) is 0.819. The van der Waals surface area contributed by atoms with Gasteiger partial charge >= 0.3 is 0 Å². The monoisotopic (exact) mass is 255 g/mol. The molecule has 0 aromatic carbocycles. The summed E-state index contributed by atoms with van der Waals surface area (Å²) < 4.78 is 5.43. The van der Waals surface area contributed by atoms with Crippen LogP contribution in [0.15, 0.2) is 0 Å². The fraction of sp³-hybridized carbons (Fsp3) is 1.00. The summed E-state index contributed by atoms with van der Waals surface area (Å²) in [6.45, 7) is 8.21. The maximum absolute atomic E-state index is 11.0. The fourth-order valence-corrected chi connectivity index (χ4v) is 4.11. The molecule has 2 fully saturated rings. The molecule has 1 saturated heterocycles. The molecule has 3 nitrogen and oxygen atoms in total. The molecule has 0 radical (unpaired) electrons. The smallest absolute Gasteiger partial charge is 0.0753 e. The first-order valence-electron chi connectivity index (χ1n) is 7.75. The van der Waals surface area contributed by atoms with Gasteiger partial charge in [0.05, 0.1) is 6.10 Å². The Hall–Kier alpha value is -0.120. The Morgan fingerprint density at radius 2 is 1.72 bits per heavy atom. The van der Waals surface area contributed by atoms with Gasteiger partial charge in [0.25, 0.3) is 0 Å². The number of aliphatic hydroxyl groups is 1.